The Labute approximate surface area is 172 Å². The van der Waals surface area contributed by atoms with Gasteiger partial charge in [0.25, 0.3) is 5.56 Å². The fourth-order valence-electron chi connectivity index (χ4n) is 3.93. The summed E-state index contributed by atoms with van der Waals surface area (Å²) in [6.07, 6.45) is 5.89. The third-order valence-corrected chi connectivity index (χ3v) is 7.76. The van der Waals surface area contributed by atoms with Gasteiger partial charge in [0.2, 0.25) is 5.91 Å². The van der Waals surface area contributed by atoms with Crippen molar-refractivity contribution in [3.05, 3.63) is 20.8 Å². The molecule has 2 aromatic rings. The number of rotatable bonds is 7. The number of aryl methyl sites for hydroxylation is 2. The highest BCUT2D eigenvalue weighted by atomic mass is 32.2. The Kier molecular flexibility index (Phi) is 5.23. The summed E-state index contributed by atoms with van der Waals surface area (Å²) in [7, 11) is 0. The summed E-state index contributed by atoms with van der Waals surface area (Å²) in [5.41, 5.74) is 0.409. The Morgan fingerprint density at radius 1 is 1.46 bits per heavy atom. The molecule has 28 heavy (non-hydrogen) atoms. The van der Waals surface area contributed by atoms with E-state index in [9.17, 15) is 14.9 Å². The van der Waals surface area contributed by atoms with Gasteiger partial charge in [-0.3, -0.25) is 14.2 Å². The van der Waals surface area contributed by atoms with Gasteiger partial charge in [-0.15, -0.1) is 11.3 Å². The summed E-state index contributed by atoms with van der Waals surface area (Å²) in [5, 5.41) is 13.7. The molecule has 1 atom stereocenters. The first-order valence-corrected chi connectivity index (χ1v) is 11.7. The van der Waals surface area contributed by atoms with E-state index in [0.29, 0.717) is 11.7 Å². The van der Waals surface area contributed by atoms with E-state index in [0.717, 1.165) is 48.7 Å². The van der Waals surface area contributed by atoms with Gasteiger partial charge in [-0.05, 0) is 56.9 Å². The topological polar surface area (TPSA) is 87.8 Å². The Bertz CT molecular complexity index is 1030. The number of thioether (sulfide) groups is 1. The fraction of sp³-hybridized carbons (Fsp3) is 0.600. The lowest BCUT2D eigenvalue weighted by Gasteiger charge is -2.22. The van der Waals surface area contributed by atoms with Crippen LogP contribution in [0.1, 0.15) is 50.0 Å². The van der Waals surface area contributed by atoms with Crippen molar-refractivity contribution < 1.29 is 4.79 Å². The van der Waals surface area contributed by atoms with E-state index in [1.807, 2.05) is 6.92 Å². The molecule has 1 saturated carbocycles. The highest BCUT2D eigenvalue weighted by Gasteiger charge is 2.43. The number of hydrogen-bond donors (Lipinski definition) is 1. The van der Waals surface area contributed by atoms with Crippen LogP contribution >= 0.6 is 23.1 Å². The van der Waals surface area contributed by atoms with Crippen LogP contribution in [0.15, 0.2) is 9.95 Å². The number of nitriles is 1. The van der Waals surface area contributed by atoms with Gasteiger partial charge >= 0.3 is 0 Å². The smallest absolute Gasteiger partial charge is 0.263 e. The van der Waals surface area contributed by atoms with Gasteiger partial charge in [-0.1, -0.05) is 18.7 Å². The molecule has 2 aliphatic carbocycles. The molecule has 2 aromatic heterocycles. The van der Waals surface area contributed by atoms with Crippen molar-refractivity contribution in [2.75, 3.05) is 5.75 Å². The first-order chi connectivity index (χ1) is 13.5. The predicted octanol–water partition coefficient (Wildman–Crippen LogP) is 3.26. The first-order valence-electron chi connectivity index (χ1n) is 9.87. The standard InChI is InChI=1S/C20H24N4O2S2/c1-3-9-24-18(26)16-13-5-4-6-14(13)28-17(16)22-19(24)27-10-15(25)23-20(2,11-21)12-7-8-12/h12H,3-10H2,1-2H3,(H,23,25)/t20-/m0/s1. The van der Waals surface area contributed by atoms with Crippen LogP contribution in [0.4, 0.5) is 0 Å². The molecule has 0 unspecified atom stereocenters. The molecular weight excluding hydrogens is 392 g/mol. The number of nitrogens with one attached hydrogen (secondary N) is 1. The molecule has 8 heteroatoms. The highest BCUT2D eigenvalue weighted by Crippen LogP contribution is 2.39. The zero-order valence-corrected chi connectivity index (χ0v) is 17.8. The summed E-state index contributed by atoms with van der Waals surface area (Å²) < 4.78 is 1.72. The average molecular weight is 417 g/mol. The Morgan fingerprint density at radius 2 is 2.25 bits per heavy atom. The number of carbonyl (C=O) groups is 1. The lowest BCUT2D eigenvalue weighted by atomic mass is 9.98. The molecule has 1 amide bonds. The molecule has 0 radical (unpaired) electrons. The van der Waals surface area contributed by atoms with Crippen molar-refractivity contribution in [2.45, 2.75) is 69.6 Å². The van der Waals surface area contributed by atoms with E-state index in [-0.39, 0.29) is 23.1 Å². The van der Waals surface area contributed by atoms with Crippen LogP contribution in [0.3, 0.4) is 0 Å². The van der Waals surface area contributed by atoms with Crippen molar-refractivity contribution in [3.8, 4) is 6.07 Å². The van der Waals surface area contributed by atoms with Crippen LogP contribution in [-0.2, 0) is 24.2 Å². The second-order valence-electron chi connectivity index (χ2n) is 7.81. The molecule has 0 aromatic carbocycles. The zero-order valence-electron chi connectivity index (χ0n) is 16.2. The second-order valence-corrected chi connectivity index (χ2v) is 9.84. The van der Waals surface area contributed by atoms with E-state index >= 15 is 0 Å². The molecule has 1 N–H and O–H groups in total. The first kappa shape index (κ1) is 19.5. The van der Waals surface area contributed by atoms with E-state index < -0.39 is 5.54 Å². The maximum atomic E-state index is 13.2. The Morgan fingerprint density at radius 3 is 2.93 bits per heavy atom. The van der Waals surface area contributed by atoms with Crippen LogP contribution in [0, 0.1) is 17.2 Å². The molecule has 6 nitrogen and oxygen atoms in total. The summed E-state index contributed by atoms with van der Waals surface area (Å²) in [6.45, 7) is 4.41. The predicted molar refractivity (Wildman–Crippen MR) is 112 cm³/mol. The quantitative estimate of drug-likeness (QED) is 0.553. The van der Waals surface area contributed by atoms with Gasteiger partial charge in [-0.2, -0.15) is 5.26 Å². The molecule has 4 rings (SSSR count). The summed E-state index contributed by atoms with van der Waals surface area (Å²) in [5.74, 6) is 0.205. The van der Waals surface area contributed by atoms with Crippen LogP contribution < -0.4 is 10.9 Å². The maximum absolute atomic E-state index is 13.2. The van der Waals surface area contributed by atoms with Crippen molar-refractivity contribution in [3.63, 3.8) is 0 Å². The molecule has 0 bridgehead atoms. The number of amides is 1. The van der Waals surface area contributed by atoms with Gasteiger partial charge in [0, 0.05) is 11.4 Å². The SMILES string of the molecule is CCCn1c(SCC(=O)N[C@@](C)(C#N)C2CC2)nc2sc3c(c2c1=O)CCC3. The number of hydrogen-bond acceptors (Lipinski definition) is 6. The molecule has 0 aliphatic heterocycles. The van der Waals surface area contributed by atoms with Gasteiger partial charge in [0.15, 0.2) is 5.16 Å². The third kappa shape index (κ3) is 3.46. The molecule has 2 aliphatic rings. The Hall–Kier alpha value is -1.85. The lowest BCUT2D eigenvalue weighted by Crippen LogP contribution is -2.47. The van der Waals surface area contributed by atoms with Crippen LogP contribution in [0.25, 0.3) is 10.2 Å². The van der Waals surface area contributed by atoms with Crippen LogP contribution in [0.5, 0.6) is 0 Å². The summed E-state index contributed by atoms with van der Waals surface area (Å²) >= 11 is 2.91. The number of carbonyl (C=O) groups excluding carboxylic acids is 1. The van der Waals surface area contributed by atoms with Gasteiger partial charge in [0.1, 0.15) is 10.4 Å². The van der Waals surface area contributed by atoms with E-state index in [2.05, 4.69) is 11.4 Å². The molecular formula is C20H24N4O2S2. The van der Waals surface area contributed by atoms with Crippen molar-refractivity contribution in [1.82, 2.24) is 14.9 Å². The zero-order chi connectivity index (χ0) is 19.9. The number of thiophene rings is 1. The fourth-order valence-corrected chi connectivity index (χ4v) is 6.05. The maximum Gasteiger partial charge on any atom is 0.263 e. The molecule has 0 saturated heterocycles. The number of fused-ring (bicyclic) bond motifs is 3. The number of nitrogens with zero attached hydrogens (tertiary/aromatic N) is 3. The third-order valence-electron chi connectivity index (χ3n) is 5.59. The van der Waals surface area contributed by atoms with Gasteiger partial charge < -0.3 is 5.32 Å². The highest BCUT2D eigenvalue weighted by molar-refractivity contribution is 7.99. The minimum absolute atomic E-state index is 0.0222. The lowest BCUT2D eigenvalue weighted by molar-refractivity contribution is -0.119. The van der Waals surface area contributed by atoms with E-state index in [4.69, 9.17) is 4.98 Å². The monoisotopic (exact) mass is 416 g/mol. The van der Waals surface area contributed by atoms with Crippen molar-refractivity contribution in [1.29, 1.82) is 5.26 Å². The van der Waals surface area contributed by atoms with Crippen molar-refractivity contribution >= 4 is 39.2 Å². The molecule has 1 fully saturated rings. The van der Waals surface area contributed by atoms with Gasteiger partial charge in [0.05, 0.1) is 17.2 Å². The van der Waals surface area contributed by atoms with Crippen molar-refractivity contribution in [2.24, 2.45) is 5.92 Å². The Balaban J connectivity index is 1.58. The molecule has 2 heterocycles. The second kappa shape index (κ2) is 7.53. The minimum Gasteiger partial charge on any atom is -0.337 e. The largest absolute Gasteiger partial charge is 0.337 e. The minimum atomic E-state index is -0.799. The summed E-state index contributed by atoms with van der Waals surface area (Å²) in [4.78, 5) is 32.4. The average Bonchev–Trinajstić information content (AvgIpc) is 3.34. The molecule has 148 valence electrons. The number of aromatic nitrogens is 2. The summed E-state index contributed by atoms with van der Waals surface area (Å²) in [6, 6.07) is 2.25. The molecule has 0 spiro atoms. The van der Waals surface area contributed by atoms with E-state index in [1.54, 1.807) is 22.8 Å². The van der Waals surface area contributed by atoms with E-state index in [1.165, 1.54) is 22.2 Å². The van der Waals surface area contributed by atoms with Crippen LogP contribution in [0.2, 0.25) is 0 Å². The normalized spacial score (nSPS) is 17.9. The van der Waals surface area contributed by atoms with Gasteiger partial charge in [-0.25, -0.2) is 4.98 Å². The van der Waals surface area contributed by atoms with Crippen LogP contribution in [-0.4, -0.2) is 26.8 Å².